The Bertz CT molecular complexity index is 950. The van der Waals surface area contributed by atoms with Gasteiger partial charge in [-0.05, 0) is 36.6 Å². The number of carbonyl (C=O) groups is 3. The maximum Gasteiger partial charge on any atom is 0.413 e. The predicted octanol–water partition coefficient (Wildman–Crippen LogP) is 4.14. The minimum Gasteiger partial charge on any atom is -0.447 e. The molecule has 0 unspecified atom stereocenters. The van der Waals surface area contributed by atoms with Crippen molar-refractivity contribution in [1.82, 2.24) is 4.90 Å². The molecule has 1 aliphatic heterocycles. The third kappa shape index (κ3) is 4.89. The molecule has 2 atom stereocenters. The summed E-state index contributed by atoms with van der Waals surface area (Å²) >= 11 is 5.99. The highest BCUT2D eigenvalue weighted by Gasteiger charge is 2.54. The lowest BCUT2D eigenvalue weighted by molar-refractivity contribution is -0.158. The molecule has 0 aliphatic carbocycles. The van der Waals surface area contributed by atoms with Gasteiger partial charge >= 0.3 is 12.1 Å². The van der Waals surface area contributed by atoms with Crippen molar-refractivity contribution in [3.8, 4) is 0 Å². The average molecular weight is 446 g/mol. The molecule has 0 aromatic heterocycles. The molecule has 2 aromatic carbocycles. The molecule has 3 rings (SSSR count). The Balaban J connectivity index is 2.04. The van der Waals surface area contributed by atoms with Crippen LogP contribution in [0.5, 0.6) is 0 Å². The molecule has 7 nitrogen and oxygen atoms in total. The number of carbonyl (C=O) groups excluding carboxylic acids is 3. The van der Waals surface area contributed by atoms with Gasteiger partial charge in [0.15, 0.2) is 5.78 Å². The lowest BCUT2D eigenvalue weighted by atomic mass is 9.95. The third-order valence-corrected chi connectivity index (χ3v) is 5.48. The van der Waals surface area contributed by atoms with Gasteiger partial charge in [-0.1, -0.05) is 48.0 Å². The quantitative estimate of drug-likeness (QED) is 0.460. The van der Waals surface area contributed by atoms with Crippen LogP contribution in [0, 0.1) is 0 Å². The van der Waals surface area contributed by atoms with Crippen molar-refractivity contribution in [2.75, 3.05) is 13.2 Å². The number of hydrogen-bond acceptors (Lipinski definition) is 6. The Morgan fingerprint density at radius 3 is 2.58 bits per heavy atom. The van der Waals surface area contributed by atoms with Gasteiger partial charge in [-0.15, -0.1) is 0 Å². The van der Waals surface area contributed by atoms with Crippen LogP contribution in [0.15, 0.2) is 54.6 Å². The standard InChI is InChI=1S/C23H24ClNO6/c1-16(27)23(12-5-6-13-26,31-21(28)18-10-7-11-19(24)14-18)25-20(15-30-22(25)29)17-8-3-2-4-9-17/h2-4,7-11,14,20,26H,5-6,12-13,15H2,1H3/t20-,23-/m0/s1. The number of cyclic esters (lactones) is 1. The number of ketones is 1. The first kappa shape index (κ1) is 22.8. The number of unbranched alkanes of at least 4 members (excludes halogenated alkanes) is 1. The Morgan fingerprint density at radius 2 is 1.94 bits per heavy atom. The summed E-state index contributed by atoms with van der Waals surface area (Å²) in [6, 6.07) is 14.6. The monoisotopic (exact) mass is 445 g/mol. The van der Waals surface area contributed by atoms with E-state index < -0.39 is 29.6 Å². The van der Waals surface area contributed by atoms with E-state index >= 15 is 0 Å². The zero-order chi connectivity index (χ0) is 22.4. The Hall–Kier alpha value is -2.90. The van der Waals surface area contributed by atoms with Crippen LogP contribution in [0.3, 0.4) is 0 Å². The largest absolute Gasteiger partial charge is 0.447 e. The average Bonchev–Trinajstić information content (AvgIpc) is 3.15. The summed E-state index contributed by atoms with van der Waals surface area (Å²) in [5.41, 5.74) is -0.980. The second kappa shape index (κ2) is 9.94. The highest BCUT2D eigenvalue weighted by molar-refractivity contribution is 6.30. The molecule has 0 bridgehead atoms. The minimum absolute atomic E-state index is 0.0204. The number of ether oxygens (including phenoxy) is 2. The fourth-order valence-corrected chi connectivity index (χ4v) is 3.87. The highest BCUT2D eigenvalue weighted by Crippen LogP contribution is 2.39. The van der Waals surface area contributed by atoms with E-state index in [4.69, 9.17) is 21.1 Å². The molecule has 0 radical (unpaired) electrons. The molecule has 0 saturated carbocycles. The first-order valence-corrected chi connectivity index (χ1v) is 10.4. The van der Waals surface area contributed by atoms with Crippen LogP contribution < -0.4 is 0 Å². The fraction of sp³-hybridized carbons (Fsp3) is 0.348. The van der Waals surface area contributed by atoms with Gasteiger partial charge in [0.2, 0.25) is 0 Å². The predicted molar refractivity (Wildman–Crippen MR) is 114 cm³/mol. The SMILES string of the molecule is CC(=O)[C@](CCCCO)(OC(=O)c1cccc(Cl)c1)N1C(=O)OC[C@H]1c1ccccc1. The highest BCUT2D eigenvalue weighted by atomic mass is 35.5. The zero-order valence-corrected chi connectivity index (χ0v) is 17.9. The molecule has 1 N–H and O–H groups in total. The molecule has 1 saturated heterocycles. The van der Waals surface area contributed by atoms with Crippen LogP contribution in [0.4, 0.5) is 4.79 Å². The van der Waals surface area contributed by atoms with Gasteiger partial charge in [-0.25, -0.2) is 9.59 Å². The Morgan fingerprint density at radius 1 is 1.19 bits per heavy atom. The molecular weight excluding hydrogens is 422 g/mol. The molecule has 31 heavy (non-hydrogen) atoms. The topological polar surface area (TPSA) is 93.1 Å². The van der Waals surface area contributed by atoms with Gasteiger partial charge < -0.3 is 14.6 Å². The van der Waals surface area contributed by atoms with Gasteiger partial charge in [0, 0.05) is 25.0 Å². The number of aliphatic hydroxyl groups excluding tert-OH is 1. The van der Waals surface area contributed by atoms with Crippen molar-refractivity contribution in [1.29, 1.82) is 0 Å². The van der Waals surface area contributed by atoms with Crippen LogP contribution in [0.1, 0.15) is 48.1 Å². The molecule has 8 heteroatoms. The molecule has 164 valence electrons. The first-order chi connectivity index (χ1) is 14.9. The molecule has 1 amide bonds. The van der Waals surface area contributed by atoms with Crippen LogP contribution >= 0.6 is 11.6 Å². The smallest absolute Gasteiger partial charge is 0.413 e. The van der Waals surface area contributed by atoms with Crippen molar-refractivity contribution in [3.05, 3.63) is 70.7 Å². The summed E-state index contributed by atoms with van der Waals surface area (Å²) < 4.78 is 11.1. The number of rotatable bonds is 9. The molecule has 2 aromatic rings. The molecule has 0 spiro atoms. The Labute approximate surface area is 185 Å². The van der Waals surface area contributed by atoms with E-state index in [-0.39, 0.29) is 25.2 Å². The summed E-state index contributed by atoms with van der Waals surface area (Å²) in [4.78, 5) is 40.0. The number of hydrogen-bond donors (Lipinski definition) is 1. The van der Waals surface area contributed by atoms with E-state index in [1.165, 1.54) is 24.0 Å². The van der Waals surface area contributed by atoms with Crippen molar-refractivity contribution in [2.45, 2.75) is 38.0 Å². The maximum atomic E-state index is 13.0. The molecule has 1 aliphatic rings. The minimum atomic E-state index is -1.89. The van der Waals surface area contributed by atoms with Crippen LogP contribution in [0.2, 0.25) is 5.02 Å². The van der Waals surface area contributed by atoms with Crippen molar-refractivity contribution in [2.24, 2.45) is 0 Å². The lowest BCUT2D eigenvalue weighted by Gasteiger charge is -2.40. The number of esters is 1. The number of nitrogens with zero attached hydrogens (tertiary/aromatic N) is 1. The number of halogens is 1. The molecule has 1 heterocycles. The normalized spacial score (nSPS) is 17.7. The van der Waals surface area contributed by atoms with E-state index in [9.17, 15) is 19.5 Å². The lowest BCUT2D eigenvalue weighted by Crippen LogP contribution is -2.58. The van der Waals surface area contributed by atoms with E-state index in [2.05, 4.69) is 0 Å². The van der Waals surface area contributed by atoms with E-state index in [0.29, 0.717) is 17.9 Å². The summed E-state index contributed by atoms with van der Waals surface area (Å²) in [6.45, 7) is 1.20. The number of amides is 1. The van der Waals surface area contributed by atoms with E-state index in [1.54, 1.807) is 12.1 Å². The first-order valence-electron chi connectivity index (χ1n) is 10.0. The van der Waals surface area contributed by atoms with Gasteiger partial charge in [0.25, 0.3) is 5.72 Å². The second-order valence-electron chi connectivity index (χ2n) is 7.29. The van der Waals surface area contributed by atoms with Gasteiger partial charge in [-0.2, -0.15) is 0 Å². The summed E-state index contributed by atoms with van der Waals surface area (Å²) in [7, 11) is 0. The molecule has 1 fully saturated rings. The van der Waals surface area contributed by atoms with Crippen molar-refractivity contribution >= 4 is 29.4 Å². The second-order valence-corrected chi connectivity index (χ2v) is 7.73. The maximum absolute atomic E-state index is 13.0. The van der Waals surface area contributed by atoms with Crippen LogP contribution in [-0.2, 0) is 14.3 Å². The molecular formula is C23H24ClNO6. The van der Waals surface area contributed by atoms with Crippen molar-refractivity contribution < 1.29 is 29.0 Å². The number of benzene rings is 2. The zero-order valence-electron chi connectivity index (χ0n) is 17.1. The fourth-order valence-electron chi connectivity index (χ4n) is 3.68. The van der Waals surface area contributed by atoms with Crippen LogP contribution in [0.25, 0.3) is 0 Å². The summed E-state index contributed by atoms with van der Waals surface area (Å²) in [5, 5.41) is 9.57. The van der Waals surface area contributed by atoms with Crippen LogP contribution in [-0.4, -0.2) is 46.8 Å². The van der Waals surface area contributed by atoms with Gasteiger partial charge in [0.1, 0.15) is 6.61 Å². The Kier molecular flexibility index (Phi) is 7.30. The van der Waals surface area contributed by atoms with Gasteiger partial charge in [0.05, 0.1) is 11.6 Å². The van der Waals surface area contributed by atoms with E-state index in [0.717, 1.165) is 5.56 Å². The number of aliphatic hydroxyl groups is 1. The van der Waals surface area contributed by atoms with Gasteiger partial charge in [-0.3, -0.25) is 9.69 Å². The third-order valence-electron chi connectivity index (χ3n) is 5.24. The van der Waals surface area contributed by atoms with Crippen molar-refractivity contribution in [3.63, 3.8) is 0 Å². The van der Waals surface area contributed by atoms with E-state index in [1.807, 2.05) is 30.3 Å². The summed E-state index contributed by atoms with van der Waals surface area (Å²) in [6.07, 6.45) is 0.00689. The summed E-state index contributed by atoms with van der Waals surface area (Å²) in [5.74, 6) is -1.30. The number of Topliss-reactive ketones (excluding diaryl/α,β-unsaturated/α-hetero) is 1.